The van der Waals surface area contributed by atoms with E-state index in [1.807, 2.05) is 30.3 Å². The van der Waals surface area contributed by atoms with Gasteiger partial charge in [-0.2, -0.15) is 0 Å². The van der Waals surface area contributed by atoms with Gasteiger partial charge in [-0.25, -0.2) is 4.79 Å². The quantitative estimate of drug-likeness (QED) is 0.373. The molecule has 0 bridgehead atoms. The molecule has 3 aromatic rings. The lowest BCUT2D eigenvalue weighted by molar-refractivity contribution is 0.0527. The number of benzene rings is 2. The van der Waals surface area contributed by atoms with Crippen molar-refractivity contribution in [1.29, 1.82) is 0 Å². The Morgan fingerprint density at radius 1 is 1.14 bits per heavy atom. The summed E-state index contributed by atoms with van der Waals surface area (Å²) >= 11 is 6.09. The number of rotatable bonds is 8. The van der Waals surface area contributed by atoms with Crippen molar-refractivity contribution < 1.29 is 14.3 Å². The lowest BCUT2D eigenvalue weighted by Crippen LogP contribution is -2.09. The van der Waals surface area contributed by atoms with Crippen molar-refractivity contribution in [3.05, 3.63) is 59.2 Å². The average Bonchev–Trinajstić information content (AvgIpc) is 2.69. The number of nitrogens with zero attached hydrogens (tertiary/aromatic N) is 1. The first kappa shape index (κ1) is 20.0. The number of nitrogens with one attached hydrogen (secondary N) is 1. The first-order valence-electron chi connectivity index (χ1n) is 9.37. The topological polar surface area (TPSA) is 60.5 Å². The maximum Gasteiger partial charge on any atom is 0.341 e. The highest BCUT2D eigenvalue weighted by Crippen LogP contribution is 2.31. The van der Waals surface area contributed by atoms with Crippen LogP contribution in [0.1, 0.15) is 37.0 Å². The van der Waals surface area contributed by atoms with Gasteiger partial charge in [0.1, 0.15) is 11.3 Å². The summed E-state index contributed by atoms with van der Waals surface area (Å²) < 4.78 is 10.9. The zero-order chi connectivity index (χ0) is 19.9. The Morgan fingerprint density at radius 2 is 1.93 bits per heavy atom. The first-order chi connectivity index (χ1) is 13.6. The molecule has 28 heavy (non-hydrogen) atoms. The van der Waals surface area contributed by atoms with Crippen LogP contribution in [-0.4, -0.2) is 24.2 Å². The zero-order valence-corrected chi connectivity index (χ0v) is 16.8. The molecule has 0 atom stereocenters. The van der Waals surface area contributed by atoms with E-state index in [2.05, 4.69) is 17.2 Å². The van der Waals surface area contributed by atoms with Gasteiger partial charge in [0.05, 0.1) is 24.4 Å². The van der Waals surface area contributed by atoms with E-state index < -0.39 is 5.97 Å². The predicted octanol–water partition coefficient (Wildman–Crippen LogP) is 5.99. The van der Waals surface area contributed by atoms with Crippen LogP contribution in [0.4, 0.5) is 11.4 Å². The van der Waals surface area contributed by atoms with Crippen LogP contribution in [0.2, 0.25) is 5.02 Å². The third kappa shape index (κ3) is 4.73. The molecule has 0 aliphatic carbocycles. The summed E-state index contributed by atoms with van der Waals surface area (Å²) in [6.07, 6.45) is 3.63. The molecule has 0 saturated heterocycles. The minimum absolute atomic E-state index is 0.292. The summed E-state index contributed by atoms with van der Waals surface area (Å²) in [6.45, 7) is 4.90. The Labute approximate surface area is 169 Å². The molecule has 2 aromatic carbocycles. The number of fused-ring (bicyclic) bond motifs is 1. The molecule has 0 aliphatic heterocycles. The second-order valence-corrected chi connectivity index (χ2v) is 6.72. The summed E-state index contributed by atoms with van der Waals surface area (Å²) in [5.74, 6) is 0.393. The fourth-order valence-corrected chi connectivity index (χ4v) is 2.94. The molecule has 146 valence electrons. The van der Waals surface area contributed by atoms with Crippen LogP contribution in [-0.2, 0) is 4.74 Å². The lowest BCUT2D eigenvalue weighted by Gasteiger charge is -2.15. The second-order valence-electron chi connectivity index (χ2n) is 6.28. The third-order valence-corrected chi connectivity index (χ3v) is 4.45. The van der Waals surface area contributed by atoms with Crippen LogP contribution in [0.5, 0.6) is 5.75 Å². The van der Waals surface area contributed by atoms with E-state index in [1.165, 1.54) is 6.20 Å². The Hall–Kier alpha value is -2.79. The standard InChI is InChI=1S/C22H23ClN2O3/c1-3-5-12-28-17-9-7-16(8-10-17)25-21-18-11-6-15(23)13-20(18)24-14-19(21)22(26)27-4-2/h6-11,13-14H,3-5,12H2,1-2H3,(H,24,25). The Balaban J connectivity index is 1.93. The molecule has 0 fully saturated rings. The molecule has 0 radical (unpaired) electrons. The summed E-state index contributed by atoms with van der Waals surface area (Å²) in [4.78, 5) is 16.8. The van der Waals surface area contributed by atoms with E-state index in [1.54, 1.807) is 19.1 Å². The Morgan fingerprint density at radius 3 is 2.64 bits per heavy atom. The molecular weight excluding hydrogens is 376 g/mol. The lowest BCUT2D eigenvalue weighted by atomic mass is 10.1. The van der Waals surface area contributed by atoms with Crippen molar-refractivity contribution in [3.8, 4) is 5.75 Å². The molecule has 5 nitrogen and oxygen atoms in total. The fraction of sp³-hybridized carbons (Fsp3) is 0.273. The van der Waals surface area contributed by atoms with Crippen molar-refractivity contribution in [2.24, 2.45) is 0 Å². The number of hydrogen-bond donors (Lipinski definition) is 1. The van der Waals surface area contributed by atoms with Crippen molar-refractivity contribution >= 4 is 39.8 Å². The monoisotopic (exact) mass is 398 g/mol. The number of hydrogen-bond acceptors (Lipinski definition) is 5. The van der Waals surface area contributed by atoms with Gasteiger partial charge in [-0.15, -0.1) is 0 Å². The normalized spacial score (nSPS) is 10.7. The number of aromatic nitrogens is 1. The number of anilines is 2. The second kappa shape index (κ2) is 9.42. The van der Waals surface area contributed by atoms with Crippen molar-refractivity contribution in [3.63, 3.8) is 0 Å². The maximum absolute atomic E-state index is 12.4. The Bertz CT molecular complexity index is 958. The Kier molecular flexibility index (Phi) is 6.71. The van der Waals surface area contributed by atoms with Gasteiger partial charge in [-0.1, -0.05) is 24.9 Å². The van der Waals surface area contributed by atoms with Crippen LogP contribution in [0.15, 0.2) is 48.7 Å². The van der Waals surface area contributed by atoms with Gasteiger partial charge >= 0.3 is 5.97 Å². The molecule has 0 spiro atoms. The first-order valence-corrected chi connectivity index (χ1v) is 9.75. The molecular formula is C22H23ClN2O3. The van der Waals surface area contributed by atoms with Crippen LogP contribution in [0.3, 0.4) is 0 Å². The van der Waals surface area contributed by atoms with Gasteiger partial charge in [0, 0.05) is 22.3 Å². The number of unbranched alkanes of at least 4 members (excludes halogenated alkanes) is 1. The summed E-state index contributed by atoms with van der Waals surface area (Å²) in [6, 6.07) is 13.0. The number of pyridine rings is 1. The third-order valence-electron chi connectivity index (χ3n) is 4.22. The molecule has 0 unspecified atom stereocenters. The van der Waals surface area contributed by atoms with E-state index >= 15 is 0 Å². The predicted molar refractivity (Wildman–Crippen MR) is 113 cm³/mol. The molecule has 1 N–H and O–H groups in total. The van der Waals surface area contributed by atoms with Gasteiger partial charge in [-0.3, -0.25) is 4.98 Å². The molecule has 0 aliphatic rings. The minimum atomic E-state index is -0.422. The SMILES string of the molecule is CCCCOc1ccc(Nc2c(C(=O)OCC)cnc3cc(Cl)ccc23)cc1. The van der Waals surface area contributed by atoms with Crippen LogP contribution in [0.25, 0.3) is 10.9 Å². The van der Waals surface area contributed by atoms with E-state index in [0.717, 1.165) is 29.7 Å². The van der Waals surface area contributed by atoms with Gasteiger partial charge in [0.25, 0.3) is 0 Å². The van der Waals surface area contributed by atoms with Crippen molar-refractivity contribution in [1.82, 2.24) is 4.98 Å². The fourth-order valence-electron chi connectivity index (χ4n) is 2.78. The average molecular weight is 399 g/mol. The number of carbonyl (C=O) groups is 1. The number of carbonyl (C=O) groups excluding carboxylic acids is 1. The minimum Gasteiger partial charge on any atom is -0.494 e. The highest BCUT2D eigenvalue weighted by Gasteiger charge is 2.17. The van der Waals surface area contributed by atoms with Crippen LogP contribution >= 0.6 is 11.6 Å². The van der Waals surface area contributed by atoms with Crippen LogP contribution in [0, 0.1) is 0 Å². The summed E-state index contributed by atoms with van der Waals surface area (Å²) in [7, 11) is 0. The maximum atomic E-state index is 12.4. The number of halogens is 1. The van der Waals surface area contributed by atoms with E-state index in [0.29, 0.717) is 35.0 Å². The molecule has 1 aromatic heterocycles. The summed E-state index contributed by atoms with van der Waals surface area (Å²) in [5, 5.41) is 4.71. The summed E-state index contributed by atoms with van der Waals surface area (Å²) in [5.41, 5.74) is 2.54. The molecule has 1 heterocycles. The van der Waals surface area contributed by atoms with Gasteiger partial charge in [-0.05, 0) is 55.8 Å². The van der Waals surface area contributed by atoms with Crippen molar-refractivity contribution in [2.75, 3.05) is 18.5 Å². The zero-order valence-electron chi connectivity index (χ0n) is 16.0. The smallest absolute Gasteiger partial charge is 0.341 e. The van der Waals surface area contributed by atoms with Crippen LogP contribution < -0.4 is 10.1 Å². The molecule has 0 amide bonds. The van der Waals surface area contributed by atoms with Crippen molar-refractivity contribution in [2.45, 2.75) is 26.7 Å². The number of ether oxygens (including phenoxy) is 2. The van der Waals surface area contributed by atoms with Gasteiger partial charge in [0.2, 0.25) is 0 Å². The van der Waals surface area contributed by atoms with Gasteiger partial charge in [0.15, 0.2) is 0 Å². The van der Waals surface area contributed by atoms with E-state index in [9.17, 15) is 4.79 Å². The number of esters is 1. The van der Waals surface area contributed by atoms with E-state index in [4.69, 9.17) is 21.1 Å². The largest absolute Gasteiger partial charge is 0.494 e. The highest BCUT2D eigenvalue weighted by molar-refractivity contribution is 6.31. The molecule has 6 heteroatoms. The highest BCUT2D eigenvalue weighted by atomic mass is 35.5. The molecule has 0 saturated carbocycles. The van der Waals surface area contributed by atoms with Gasteiger partial charge < -0.3 is 14.8 Å². The molecule has 3 rings (SSSR count). The van der Waals surface area contributed by atoms with E-state index in [-0.39, 0.29) is 0 Å².